The fourth-order valence-electron chi connectivity index (χ4n) is 0.613. The fourth-order valence-corrected chi connectivity index (χ4v) is 2.81. The zero-order valence-corrected chi connectivity index (χ0v) is 10.9. The van der Waals surface area contributed by atoms with Crippen LogP contribution in [-0.2, 0) is 11.8 Å². The molecule has 0 heterocycles. The molecule has 0 saturated heterocycles. The summed E-state index contributed by atoms with van der Waals surface area (Å²) >= 11 is 17.5. The number of hydrogen-bond acceptors (Lipinski definition) is 4. The summed E-state index contributed by atoms with van der Waals surface area (Å²) in [5, 5.41) is 0.916. The topological polar surface area (TPSA) is 9.23 Å². The Bertz CT molecular complexity index is 310. The molecule has 0 radical (unpaired) electrons. The molecule has 0 bridgehead atoms. The smallest absolute Gasteiger partial charge is 0.158 e. The molecule has 0 unspecified atom stereocenters. The SMILES string of the molecule is S=PSSOc1cccc(Cl)c1Cl. The van der Waals surface area contributed by atoms with Crippen LogP contribution >= 0.6 is 51.2 Å². The molecule has 0 atom stereocenters. The Balaban J connectivity index is 2.65. The molecule has 0 spiro atoms. The van der Waals surface area contributed by atoms with Crippen molar-refractivity contribution in [2.75, 3.05) is 0 Å². The van der Waals surface area contributed by atoms with Crippen LogP contribution in [0.4, 0.5) is 0 Å². The highest BCUT2D eigenvalue weighted by molar-refractivity contribution is 8.97. The van der Waals surface area contributed by atoms with Crippen LogP contribution in [0.15, 0.2) is 18.2 Å². The average molecular weight is 289 g/mol. The number of benzene rings is 1. The third kappa shape index (κ3) is 3.82. The third-order valence-corrected chi connectivity index (χ3v) is 5.58. The van der Waals surface area contributed by atoms with E-state index < -0.39 is 0 Å². The molecule has 7 heteroatoms. The second kappa shape index (κ2) is 6.33. The van der Waals surface area contributed by atoms with E-state index in [1.807, 2.05) is 0 Å². The van der Waals surface area contributed by atoms with Gasteiger partial charge in [0, 0.05) is 10.4 Å². The van der Waals surface area contributed by atoms with Crippen molar-refractivity contribution in [3.8, 4) is 5.75 Å². The maximum atomic E-state index is 5.86. The van der Waals surface area contributed by atoms with Crippen LogP contribution < -0.4 is 4.18 Å². The Labute approximate surface area is 101 Å². The molecule has 1 aromatic carbocycles. The Morgan fingerprint density at radius 2 is 2.15 bits per heavy atom. The second-order valence-corrected chi connectivity index (χ2v) is 7.22. The Hall–Kier alpha value is 0.820. The molecule has 0 aromatic heterocycles. The molecule has 1 aromatic rings. The van der Waals surface area contributed by atoms with Crippen LogP contribution in [0.25, 0.3) is 0 Å². The normalized spacial score (nSPS) is 10.3. The standard InChI is InChI=1S/C6H3Cl2OPS3/c7-4-2-1-3-5(6(4)8)9-12-13-10-11/h1-3H. The number of hydrogen-bond donors (Lipinski definition) is 0. The van der Waals surface area contributed by atoms with E-state index in [4.69, 9.17) is 39.2 Å². The molecule has 70 valence electrons. The average Bonchev–Trinajstić information content (AvgIpc) is 2.13. The van der Waals surface area contributed by atoms with E-state index in [2.05, 4.69) is 0 Å². The lowest BCUT2D eigenvalue weighted by atomic mass is 10.3. The fraction of sp³-hybridized carbons (Fsp3) is 0. The minimum atomic E-state index is 0.429. The van der Waals surface area contributed by atoms with Gasteiger partial charge in [-0.05, 0) is 23.9 Å². The highest BCUT2D eigenvalue weighted by atomic mass is 35.5. The van der Waals surface area contributed by atoms with Crippen molar-refractivity contribution in [1.82, 2.24) is 0 Å². The summed E-state index contributed by atoms with van der Waals surface area (Å²) < 4.78 is 5.25. The summed E-state index contributed by atoms with van der Waals surface area (Å²) in [6, 6.07) is 5.24. The lowest BCUT2D eigenvalue weighted by molar-refractivity contribution is 0.657. The Morgan fingerprint density at radius 3 is 2.85 bits per heavy atom. The van der Waals surface area contributed by atoms with Crippen molar-refractivity contribution < 1.29 is 4.18 Å². The second-order valence-electron chi connectivity index (χ2n) is 1.85. The molecular formula is C6H3Cl2OPS3. The van der Waals surface area contributed by atoms with Gasteiger partial charge >= 0.3 is 0 Å². The summed E-state index contributed by atoms with van der Waals surface area (Å²) in [7, 11) is 1.40. The van der Waals surface area contributed by atoms with Crippen molar-refractivity contribution in [3.63, 3.8) is 0 Å². The van der Waals surface area contributed by atoms with Gasteiger partial charge in [-0.15, -0.1) is 0 Å². The molecule has 0 fully saturated rings. The minimum absolute atomic E-state index is 0.429. The van der Waals surface area contributed by atoms with E-state index in [-0.39, 0.29) is 0 Å². The van der Waals surface area contributed by atoms with Gasteiger partial charge in [-0.25, -0.2) is 0 Å². The Morgan fingerprint density at radius 1 is 1.38 bits per heavy atom. The number of halogens is 2. The van der Waals surface area contributed by atoms with Crippen molar-refractivity contribution in [1.29, 1.82) is 0 Å². The van der Waals surface area contributed by atoms with E-state index in [9.17, 15) is 0 Å². The summed E-state index contributed by atoms with van der Waals surface area (Å²) in [6.07, 6.45) is 0. The maximum absolute atomic E-state index is 5.86. The number of rotatable bonds is 4. The van der Waals surface area contributed by atoms with Crippen molar-refractivity contribution in [2.45, 2.75) is 0 Å². The first-order chi connectivity index (χ1) is 6.25. The predicted molar refractivity (Wildman–Crippen MR) is 66.6 cm³/mol. The summed E-state index contributed by atoms with van der Waals surface area (Å²) in [4.78, 5) is 0. The van der Waals surface area contributed by atoms with Crippen LogP contribution in [0.1, 0.15) is 0 Å². The largest absolute Gasteiger partial charge is 0.412 e. The molecule has 0 saturated carbocycles. The van der Waals surface area contributed by atoms with Crippen LogP contribution in [0, 0.1) is 0 Å². The van der Waals surface area contributed by atoms with Crippen LogP contribution in [-0.4, -0.2) is 0 Å². The van der Waals surface area contributed by atoms with Gasteiger partial charge in [0.25, 0.3) is 0 Å². The molecule has 0 amide bonds. The van der Waals surface area contributed by atoms with Crippen LogP contribution in [0.3, 0.4) is 0 Å². The first-order valence-corrected chi connectivity index (χ1v) is 8.37. The van der Waals surface area contributed by atoms with E-state index in [0.717, 1.165) is 6.56 Å². The minimum Gasteiger partial charge on any atom is -0.412 e. The zero-order valence-electron chi connectivity index (χ0n) is 6.07. The van der Waals surface area contributed by atoms with Crippen molar-refractivity contribution >= 4 is 63.1 Å². The molecule has 0 N–H and O–H groups in total. The Kier molecular flexibility index (Phi) is 5.79. The monoisotopic (exact) mass is 288 g/mol. The van der Waals surface area contributed by atoms with Crippen LogP contribution in [0.5, 0.6) is 5.75 Å². The lowest BCUT2D eigenvalue weighted by Crippen LogP contribution is -1.79. The quantitative estimate of drug-likeness (QED) is 0.334. The first-order valence-electron chi connectivity index (χ1n) is 3.02. The lowest BCUT2D eigenvalue weighted by Gasteiger charge is -2.03. The van der Waals surface area contributed by atoms with Crippen LogP contribution in [0.2, 0.25) is 10.0 Å². The zero-order chi connectivity index (χ0) is 9.68. The van der Waals surface area contributed by atoms with Gasteiger partial charge in [0.1, 0.15) is 16.1 Å². The van der Waals surface area contributed by atoms with Gasteiger partial charge < -0.3 is 4.18 Å². The van der Waals surface area contributed by atoms with Gasteiger partial charge in [0.05, 0.1) is 11.6 Å². The predicted octanol–water partition coefficient (Wildman–Crippen LogP) is 4.99. The third-order valence-electron chi connectivity index (χ3n) is 1.10. The molecule has 0 aliphatic rings. The summed E-state index contributed by atoms with van der Waals surface area (Å²) in [5.41, 5.74) is 0. The van der Waals surface area contributed by atoms with Crippen molar-refractivity contribution in [3.05, 3.63) is 28.2 Å². The maximum Gasteiger partial charge on any atom is 0.158 e. The van der Waals surface area contributed by atoms with Gasteiger partial charge in [0.2, 0.25) is 0 Å². The molecule has 13 heavy (non-hydrogen) atoms. The molecule has 1 rings (SSSR count). The highest BCUT2D eigenvalue weighted by Crippen LogP contribution is 2.39. The van der Waals surface area contributed by atoms with Gasteiger partial charge in [0.15, 0.2) is 5.75 Å². The highest BCUT2D eigenvalue weighted by Gasteiger charge is 2.05. The molecule has 0 aliphatic heterocycles. The van der Waals surface area contributed by atoms with Gasteiger partial charge in [-0.2, -0.15) is 0 Å². The van der Waals surface area contributed by atoms with E-state index >= 15 is 0 Å². The van der Waals surface area contributed by atoms with Gasteiger partial charge in [-0.3, -0.25) is 0 Å². The van der Waals surface area contributed by atoms with E-state index in [1.165, 1.54) is 21.5 Å². The van der Waals surface area contributed by atoms with E-state index in [1.54, 1.807) is 18.2 Å². The van der Waals surface area contributed by atoms with E-state index in [0.29, 0.717) is 15.8 Å². The molecule has 0 aliphatic carbocycles. The summed E-state index contributed by atoms with van der Waals surface area (Å²) in [6.45, 7) is 0.779. The molecular weight excluding hydrogens is 286 g/mol. The molecule has 1 nitrogen and oxygen atoms in total. The first kappa shape index (κ1) is 11.9. The van der Waals surface area contributed by atoms with Crippen molar-refractivity contribution in [2.24, 2.45) is 0 Å². The van der Waals surface area contributed by atoms with Gasteiger partial charge in [-0.1, -0.05) is 29.3 Å². The summed E-state index contributed by atoms with van der Waals surface area (Å²) in [5.74, 6) is 0.560.